The van der Waals surface area contributed by atoms with Crippen LogP contribution in [0.2, 0.25) is 0 Å². The SMILES string of the molecule is CC1(C)Cc2ccccc2C(NC(=O)CN)=C1C#N. The number of hydrogen-bond acceptors (Lipinski definition) is 3. The molecule has 0 saturated carbocycles. The Hall–Kier alpha value is -2.12. The molecular formula is C15H17N3O. The van der Waals surface area contributed by atoms with Gasteiger partial charge in [0.15, 0.2) is 0 Å². The van der Waals surface area contributed by atoms with Gasteiger partial charge in [0.1, 0.15) is 0 Å². The summed E-state index contributed by atoms with van der Waals surface area (Å²) in [5.41, 5.74) is 8.32. The van der Waals surface area contributed by atoms with Crippen LogP contribution in [0.4, 0.5) is 0 Å². The molecule has 0 aliphatic heterocycles. The fourth-order valence-corrected chi connectivity index (χ4v) is 2.48. The molecule has 0 unspecified atom stereocenters. The zero-order chi connectivity index (χ0) is 14.0. The standard InChI is InChI=1S/C15H17N3O/c1-15(2)7-10-5-3-4-6-11(10)14(12(15)8-16)18-13(19)9-17/h3-6H,7,9,17H2,1-2H3,(H,18,19). The molecule has 0 radical (unpaired) electrons. The predicted molar refractivity (Wildman–Crippen MR) is 73.7 cm³/mol. The van der Waals surface area contributed by atoms with E-state index in [1.165, 1.54) is 0 Å². The molecule has 4 heteroatoms. The van der Waals surface area contributed by atoms with Crippen LogP contribution in [0.1, 0.15) is 25.0 Å². The van der Waals surface area contributed by atoms with Gasteiger partial charge in [0.05, 0.1) is 23.9 Å². The lowest BCUT2D eigenvalue weighted by atomic mass is 9.72. The Labute approximate surface area is 112 Å². The molecule has 0 saturated heterocycles. The van der Waals surface area contributed by atoms with Gasteiger partial charge >= 0.3 is 0 Å². The van der Waals surface area contributed by atoms with Gasteiger partial charge in [0.25, 0.3) is 0 Å². The Morgan fingerprint density at radius 3 is 2.79 bits per heavy atom. The van der Waals surface area contributed by atoms with E-state index in [1.807, 2.05) is 38.1 Å². The van der Waals surface area contributed by atoms with Crippen LogP contribution < -0.4 is 11.1 Å². The van der Waals surface area contributed by atoms with Gasteiger partial charge in [-0.3, -0.25) is 4.79 Å². The highest BCUT2D eigenvalue weighted by molar-refractivity contribution is 5.91. The van der Waals surface area contributed by atoms with Crippen LogP contribution in [-0.2, 0) is 11.2 Å². The molecule has 1 aliphatic rings. The van der Waals surface area contributed by atoms with Crippen molar-refractivity contribution in [3.8, 4) is 6.07 Å². The summed E-state index contributed by atoms with van der Waals surface area (Å²) in [6.45, 7) is 3.93. The maximum Gasteiger partial charge on any atom is 0.238 e. The van der Waals surface area contributed by atoms with E-state index < -0.39 is 0 Å². The largest absolute Gasteiger partial charge is 0.324 e. The number of benzene rings is 1. The second-order valence-electron chi connectivity index (χ2n) is 5.33. The van der Waals surface area contributed by atoms with Gasteiger partial charge in [-0.25, -0.2) is 0 Å². The Bertz CT molecular complexity index is 594. The highest BCUT2D eigenvalue weighted by Gasteiger charge is 2.33. The third-order valence-corrected chi connectivity index (χ3v) is 3.41. The Balaban J connectivity index is 2.61. The van der Waals surface area contributed by atoms with Crippen LogP contribution >= 0.6 is 0 Å². The third-order valence-electron chi connectivity index (χ3n) is 3.41. The number of nitrogens with one attached hydrogen (secondary N) is 1. The monoisotopic (exact) mass is 255 g/mol. The second kappa shape index (κ2) is 4.87. The molecule has 1 aromatic carbocycles. The van der Waals surface area contributed by atoms with E-state index in [-0.39, 0.29) is 17.9 Å². The minimum atomic E-state index is -0.291. The number of fused-ring (bicyclic) bond motifs is 1. The minimum Gasteiger partial charge on any atom is -0.324 e. The third kappa shape index (κ3) is 2.38. The number of nitriles is 1. The lowest BCUT2D eigenvalue weighted by Crippen LogP contribution is -2.34. The highest BCUT2D eigenvalue weighted by atomic mass is 16.1. The van der Waals surface area contributed by atoms with E-state index in [0.29, 0.717) is 11.3 Å². The van der Waals surface area contributed by atoms with Crippen molar-refractivity contribution in [2.24, 2.45) is 11.1 Å². The number of allylic oxidation sites excluding steroid dienone is 1. The zero-order valence-electron chi connectivity index (χ0n) is 11.2. The molecule has 0 atom stereocenters. The quantitative estimate of drug-likeness (QED) is 0.842. The van der Waals surface area contributed by atoms with Crippen molar-refractivity contribution in [1.82, 2.24) is 5.32 Å². The number of nitrogens with zero attached hydrogens (tertiary/aromatic N) is 1. The number of amides is 1. The first-order valence-electron chi connectivity index (χ1n) is 6.22. The van der Waals surface area contributed by atoms with Crippen molar-refractivity contribution in [1.29, 1.82) is 5.26 Å². The molecule has 4 nitrogen and oxygen atoms in total. The van der Waals surface area contributed by atoms with Gasteiger partial charge in [-0.1, -0.05) is 38.1 Å². The average molecular weight is 255 g/mol. The second-order valence-corrected chi connectivity index (χ2v) is 5.33. The summed E-state index contributed by atoms with van der Waals surface area (Å²) in [4.78, 5) is 11.6. The molecule has 0 bridgehead atoms. The molecule has 3 N–H and O–H groups in total. The van der Waals surface area contributed by atoms with Crippen LogP contribution in [0.5, 0.6) is 0 Å². The highest BCUT2D eigenvalue weighted by Crippen LogP contribution is 2.40. The first-order valence-corrected chi connectivity index (χ1v) is 6.22. The van der Waals surface area contributed by atoms with Crippen LogP contribution in [0.3, 0.4) is 0 Å². The Morgan fingerprint density at radius 2 is 2.16 bits per heavy atom. The number of hydrogen-bond donors (Lipinski definition) is 2. The van der Waals surface area contributed by atoms with Crippen molar-refractivity contribution in [2.45, 2.75) is 20.3 Å². The maximum atomic E-state index is 11.6. The predicted octanol–water partition coefficient (Wildman–Crippen LogP) is 1.58. The molecule has 2 rings (SSSR count). The van der Waals surface area contributed by atoms with Crippen molar-refractivity contribution in [2.75, 3.05) is 6.54 Å². The summed E-state index contributed by atoms with van der Waals surface area (Å²) in [7, 11) is 0. The van der Waals surface area contributed by atoms with Gasteiger partial charge in [-0.2, -0.15) is 5.26 Å². The van der Waals surface area contributed by atoms with Crippen LogP contribution in [0.25, 0.3) is 5.70 Å². The molecule has 1 aromatic rings. The lowest BCUT2D eigenvalue weighted by Gasteiger charge is -2.33. The van der Waals surface area contributed by atoms with E-state index in [9.17, 15) is 10.1 Å². The van der Waals surface area contributed by atoms with Gasteiger partial charge in [0, 0.05) is 11.0 Å². The van der Waals surface area contributed by atoms with E-state index in [1.54, 1.807) is 0 Å². The summed E-state index contributed by atoms with van der Waals surface area (Å²) in [5, 5.41) is 12.2. The molecule has 19 heavy (non-hydrogen) atoms. The first-order chi connectivity index (χ1) is 8.99. The summed E-state index contributed by atoms with van der Waals surface area (Å²) >= 11 is 0. The van der Waals surface area contributed by atoms with Crippen molar-refractivity contribution in [3.63, 3.8) is 0 Å². The van der Waals surface area contributed by atoms with E-state index >= 15 is 0 Å². The summed E-state index contributed by atoms with van der Waals surface area (Å²) in [6.07, 6.45) is 0.786. The number of carbonyl (C=O) groups excluding carboxylic acids is 1. The van der Waals surface area contributed by atoms with Crippen molar-refractivity contribution < 1.29 is 4.79 Å². The topological polar surface area (TPSA) is 78.9 Å². The molecule has 1 amide bonds. The maximum absolute atomic E-state index is 11.6. The number of nitrogens with two attached hydrogens (primary N) is 1. The molecule has 0 spiro atoms. The molecule has 1 aliphatic carbocycles. The van der Waals surface area contributed by atoms with E-state index in [2.05, 4.69) is 11.4 Å². The van der Waals surface area contributed by atoms with Gasteiger partial charge in [-0.15, -0.1) is 0 Å². The van der Waals surface area contributed by atoms with Gasteiger partial charge < -0.3 is 11.1 Å². The Morgan fingerprint density at radius 1 is 1.47 bits per heavy atom. The molecule has 0 fully saturated rings. The lowest BCUT2D eigenvalue weighted by molar-refractivity contribution is -0.118. The summed E-state index contributed by atoms with van der Waals surface area (Å²) < 4.78 is 0. The number of rotatable bonds is 2. The van der Waals surface area contributed by atoms with E-state index in [0.717, 1.165) is 17.5 Å². The van der Waals surface area contributed by atoms with Crippen LogP contribution in [-0.4, -0.2) is 12.5 Å². The Kier molecular flexibility index (Phi) is 3.41. The van der Waals surface area contributed by atoms with E-state index in [4.69, 9.17) is 5.73 Å². The molecule has 98 valence electrons. The van der Waals surface area contributed by atoms with Gasteiger partial charge in [0.2, 0.25) is 5.91 Å². The normalized spacial score (nSPS) is 16.5. The van der Waals surface area contributed by atoms with Crippen LogP contribution in [0, 0.1) is 16.7 Å². The summed E-state index contributed by atoms with van der Waals surface area (Å²) in [5.74, 6) is -0.282. The smallest absolute Gasteiger partial charge is 0.238 e. The summed E-state index contributed by atoms with van der Waals surface area (Å²) in [6, 6.07) is 10.1. The van der Waals surface area contributed by atoms with Crippen molar-refractivity contribution >= 4 is 11.6 Å². The molecule has 0 heterocycles. The zero-order valence-corrected chi connectivity index (χ0v) is 11.2. The first kappa shape index (κ1) is 13.3. The van der Waals surface area contributed by atoms with Crippen molar-refractivity contribution in [3.05, 3.63) is 41.0 Å². The average Bonchev–Trinajstić information content (AvgIpc) is 2.37. The minimum absolute atomic E-state index is 0.0925. The fraction of sp³-hybridized carbons (Fsp3) is 0.333. The molecular weight excluding hydrogens is 238 g/mol. The van der Waals surface area contributed by atoms with Gasteiger partial charge in [-0.05, 0) is 12.0 Å². The fourth-order valence-electron chi connectivity index (χ4n) is 2.48. The van der Waals surface area contributed by atoms with Crippen LogP contribution in [0.15, 0.2) is 29.8 Å². The number of carbonyl (C=O) groups is 1. The molecule has 0 aromatic heterocycles.